The second-order valence-corrected chi connectivity index (χ2v) is 8.59. The van der Waals surface area contributed by atoms with Crippen LogP contribution in [-0.4, -0.2) is 30.8 Å². The van der Waals surface area contributed by atoms with Crippen molar-refractivity contribution in [2.24, 2.45) is 29.6 Å². The molecule has 0 aromatic carbocycles. The largest absolute Gasteiger partial charge is 0.465 e. The molecular formula is C14H20F2O5S. The molecule has 0 saturated heterocycles. The zero-order chi connectivity index (χ0) is 16.1. The maximum absolute atomic E-state index is 13.2. The Morgan fingerprint density at radius 1 is 1.05 bits per heavy atom. The van der Waals surface area contributed by atoms with Crippen molar-refractivity contribution in [3.63, 3.8) is 0 Å². The summed E-state index contributed by atoms with van der Waals surface area (Å²) in [6, 6.07) is 0. The number of ether oxygens (including phenoxy) is 1. The Morgan fingerprint density at radius 3 is 2.05 bits per heavy atom. The van der Waals surface area contributed by atoms with Gasteiger partial charge in [0, 0.05) is 0 Å². The van der Waals surface area contributed by atoms with E-state index in [1.807, 2.05) is 0 Å². The normalized spacial score (nSPS) is 37.9. The Bertz CT molecular complexity index is 548. The van der Waals surface area contributed by atoms with Crippen molar-refractivity contribution in [3.05, 3.63) is 0 Å². The van der Waals surface area contributed by atoms with E-state index >= 15 is 0 Å². The van der Waals surface area contributed by atoms with Crippen LogP contribution in [0.4, 0.5) is 8.78 Å². The van der Waals surface area contributed by atoms with Gasteiger partial charge in [0.2, 0.25) is 0 Å². The SMILES string of the molecule is O=C(OCC1CC2CC3CC(C2)CC1C3)C(F)(F)S(=O)(=O)O. The second-order valence-electron chi connectivity index (χ2n) is 7.12. The summed E-state index contributed by atoms with van der Waals surface area (Å²) in [5, 5.41) is -4.89. The lowest BCUT2D eigenvalue weighted by Gasteiger charge is -2.38. The summed E-state index contributed by atoms with van der Waals surface area (Å²) < 4.78 is 60.4. The highest BCUT2D eigenvalue weighted by Gasteiger charge is 2.54. The topological polar surface area (TPSA) is 80.7 Å². The van der Waals surface area contributed by atoms with Crippen molar-refractivity contribution in [1.29, 1.82) is 0 Å². The van der Waals surface area contributed by atoms with Gasteiger partial charge in [-0.25, -0.2) is 4.79 Å². The first-order valence-electron chi connectivity index (χ1n) is 7.69. The predicted molar refractivity (Wildman–Crippen MR) is 72.6 cm³/mol. The molecule has 8 heteroatoms. The first-order chi connectivity index (χ1) is 10.2. The Hall–Kier alpha value is -0.760. The molecule has 1 N–H and O–H groups in total. The fourth-order valence-corrected chi connectivity index (χ4v) is 5.08. The monoisotopic (exact) mass is 338 g/mol. The van der Waals surface area contributed by atoms with E-state index in [9.17, 15) is 22.0 Å². The number of carbonyl (C=O) groups is 1. The van der Waals surface area contributed by atoms with Crippen molar-refractivity contribution < 1.29 is 31.3 Å². The zero-order valence-corrected chi connectivity index (χ0v) is 12.9. The number of halogens is 2. The highest BCUT2D eigenvalue weighted by molar-refractivity contribution is 7.87. The van der Waals surface area contributed by atoms with Gasteiger partial charge in [-0.3, -0.25) is 4.55 Å². The number of alkyl halides is 2. The Balaban J connectivity index is 1.63. The molecule has 4 saturated carbocycles. The molecule has 0 aromatic rings. The van der Waals surface area contributed by atoms with Crippen LogP contribution in [0.15, 0.2) is 0 Å². The Kier molecular flexibility index (Phi) is 3.96. The molecule has 22 heavy (non-hydrogen) atoms. The number of rotatable bonds is 4. The molecule has 0 heterocycles. The minimum absolute atomic E-state index is 0.0152. The van der Waals surface area contributed by atoms with Gasteiger partial charge in [-0.05, 0) is 68.1 Å². The fraction of sp³-hybridized carbons (Fsp3) is 0.929. The van der Waals surface area contributed by atoms with E-state index in [0.717, 1.165) is 19.3 Å². The van der Waals surface area contributed by atoms with E-state index in [2.05, 4.69) is 4.74 Å². The summed E-state index contributed by atoms with van der Waals surface area (Å²) in [7, 11) is -5.79. The Morgan fingerprint density at radius 2 is 1.55 bits per heavy atom. The minimum atomic E-state index is -5.79. The van der Waals surface area contributed by atoms with Gasteiger partial charge in [-0.1, -0.05) is 0 Å². The molecule has 4 fully saturated rings. The van der Waals surface area contributed by atoms with Gasteiger partial charge in [0.25, 0.3) is 0 Å². The summed E-state index contributed by atoms with van der Waals surface area (Å²) in [5.41, 5.74) is 0. The number of hydrogen-bond donors (Lipinski definition) is 1. The quantitative estimate of drug-likeness (QED) is 0.629. The highest BCUT2D eigenvalue weighted by atomic mass is 32.2. The van der Waals surface area contributed by atoms with Crippen molar-refractivity contribution >= 4 is 16.1 Å². The smallest absolute Gasteiger partial charge is 0.460 e. The van der Waals surface area contributed by atoms with Gasteiger partial charge in [-0.15, -0.1) is 0 Å². The lowest BCUT2D eigenvalue weighted by molar-refractivity contribution is -0.163. The Labute approximate surface area is 128 Å². The third kappa shape index (κ3) is 2.87. The van der Waals surface area contributed by atoms with Gasteiger partial charge in [0.05, 0.1) is 6.61 Å². The summed E-state index contributed by atoms with van der Waals surface area (Å²) in [5.74, 6) is 0.149. The molecule has 0 amide bonds. The molecule has 126 valence electrons. The number of fused-ring (bicyclic) bond motifs is 1. The van der Waals surface area contributed by atoms with Gasteiger partial charge in [-0.2, -0.15) is 17.2 Å². The van der Waals surface area contributed by atoms with E-state index in [1.54, 1.807) is 0 Å². The lowest BCUT2D eigenvalue weighted by Crippen LogP contribution is -2.40. The van der Waals surface area contributed by atoms with Crippen LogP contribution in [-0.2, 0) is 19.6 Å². The van der Waals surface area contributed by atoms with Crippen LogP contribution in [0.3, 0.4) is 0 Å². The third-order valence-corrected chi connectivity index (χ3v) is 6.38. The summed E-state index contributed by atoms with van der Waals surface area (Å²) in [4.78, 5) is 11.3. The van der Waals surface area contributed by atoms with E-state index in [4.69, 9.17) is 4.55 Å². The second kappa shape index (κ2) is 5.40. The van der Waals surface area contributed by atoms with Crippen molar-refractivity contribution in [3.8, 4) is 0 Å². The van der Waals surface area contributed by atoms with Crippen LogP contribution in [0.1, 0.15) is 38.5 Å². The maximum atomic E-state index is 13.2. The molecule has 0 spiro atoms. The van der Waals surface area contributed by atoms with Gasteiger partial charge >= 0.3 is 21.3 Å². The first kappa shape index (κ1) is 16.1. The van der Waals surface area contributed by atoms with Crippen LogP contribution in [0, 0.1) is 29.6 Å². The number of carbonyl (C=O) groups excluding carboxylic acids is 1. The summed E-state index contributed by atoms with van der Waals surface area (Å²) in [6.07, 6.45) is 6.52. The van der Waals surface area contributed by atoms with E-state index in [0.29, 0.717) is 23.7 Å². The molecule has 3 atom stereocenters. The summed E-state index contributed by atoms with van der Waals surface area (Å²) in [6.45, 7) is -0.190. The molecule has 0 aromatic heterocycles. The van der Waals surface area contributed by atoms with Crippen LogP contribution in [0.2, 0.25) is 0 Å². The standard InChI is InChI=1S/C14H20F2O5S/c15-14(16,22(18,19)20)13(17)21-7-12-6-10-2-8-1-9(3-10)5-11(12)4-8/h8-12H,1-7H2,(H,18,19,20). The molecule has 3 unspecified atom stereocenters. The van der Waals surface area contributed by atoms with Crippen LogP contribution >= 0.6 is 0 Å². The van der Waals surface area contributed by atoms with Crippen molar-refractivity contribution in [1.82, 2.24) is 0 Å². The zero-order valence-electron chi connectivity index (χ0n) is 12.1. The molecule has 5 nitrogen and oxygen atoms in total. The van der Waals surface area contributed by atoms with E-state index in [1.165, 1.54) is 19.3 Å². The lowest BCUT2D eigenvalue weighted by atomic mass is 9.67. The van der Waals surface area contributed by atoms with Crippen molar-refractivity contribution in [2.75, 3.05) is 6.61 Å². The first-order valence-corrected chi connectivity index (χ1v) is 9.13. The van der Waals surface area contributed by atoms with Crippen LogP contribution in [0.25, 0.3) is 0 Å². The van der Waals surface area contributed by atoms with Crippen LogP contribution in [0.5, 0.6) is 0 Å². The molecular weight excluding hydrogens is 318 g/mol. The third-order valence-electron chi connectivity index (χ3n) is 5.57. The van der Waals surface area contributed by atoms with Crippen LogP contribution < -0.4 is 0 Å². The maximum Gasteiger partial charge on any atom is 0.465 e. The molecule has 4 rings (SSSR count). The van der Waals surface area contributed by atoms with E-state index < -0.39 is 21.3 Å². The summed E-state index contributed by atoms with van der Waals surface area (Å²) >= 11 is 0. The van der Waals surface area contributed by atoms with Gasteiger partial charge < -0.3 is 4.74 Å². The number of hydrogen-bond acceptors (Lipinski definition) is 4. The molecule has 0 radical (unpaired) electrons. The van der Waals surface area contributed by atoms with Gasteiger partial charge in [0.1, 0.15) is 0 Å². The molecule has 4 bridgehead atoms. The van der Waals surface area contributed by atoms with Gasteiger partial charge in [0.15, 0.2) is 0 Å². The molecule has 4 aliphatic carbocycles. The predicted octanol–water partition coefficient (Wildman–Crippen LogP) is 2.47. The van der Waals surface area contributed by atoms with E-state index in [-0.39, 0.29) is 12.5 Å². The minimum Gasteiger partial charge on any atom is -0.460 e. The fourth-order valence-electron chi connectivity index (χ4n) is 4.81. The molecule has 0 aliphatic heterocycles. The molecule has 4 aliphatic rings. The number of esters is 1. The van der Waals surface area contributed by atoms with Crippen molar-refractivity contribution in [2.45, 2.75) is 43.8 Å². The highest BCUT2D eigenvalue weighted by Crippen LogP contribution is 2.53. The average molecular weight is 338 g/mol. The average Bonchev–Trinajstić information content (AvgIpc) is 2.58.